The van der Waals surface area contributed by atoms with Crippen LogP contribution in [0.1, 0.15) is 36.9 Å². The first kappa shape index (κ1) is 13.5. The van der Waals surface area contributed by atoms with Crippen molar-refractivity contribution in [3.63, 3.8) is 0 Å². The van der Waals surface area contributed by atoms with Gasteiger partial charge in [-0.25, -0.2) is 4.98 Å². The lowest BCUT2D eigenvalue weighted by Crippen LogP contribution is -2.43. The smallest absolute Gasteiger partial charge is 0.144 e. The molecule has 0 amide bonds. The lowest BCUT2D eigenvalue weighted by molar-refractivity contribution is 0.145. The van der Waals surface area contributed by atoms with Gasteiger partial charge < -0.3 is 5.32 Å². The Kier molecular flexibility index (Phi) is 4.29. The van der Waals surface area contributed by atoms with E-state index in [1.54, 1.807) is 6.20 Å². The predicted octanol–water partition coefficient (Wildman–Crippen LogP) is 1.92. The normalized spacial score (nSPS) is 27.4. The maximum atomic E-state index is 9.13. The minimum absolute atomic E-state index is 0.577. The van der Waals surface area contributed by atoms with Crippen molar-refractivity contribution in [1.82, 2.24) is 15.2 Å². The number of rotatable bonds is 3. The fourth-order valence-electron chi connectivity index (χ4n) is 3.58. The van der Waals surface area contributed by atoms with Crippen LogP contribution < -0.4 is 5.32 Å². The number of piperidine rings is 1. The van der Waals surface area contributed by atoms with Crippen molar-refractivity contribution in [2.75, 3.05) is 19.6 Å². The second-order valence-corrected chi connectivity index (χ2v) is 5.96. The van der Waals surface area contributed by atoms with Crippen molar-refractivity contribution in [1.29, 1.82) is 5.26 Å². The zero-order valence-corrected chi connectivity index (χ0v) is 11.9. The van der Waals surface area contributed by atoms with Crippen molar-refractivity contribution in [2.45, 2.75) is 38.3 Å². The molecule has 2 unspecified atom stereocenters. The Morgan fingerprint density at radius 3 is 3.15 bits per heavy atom. The van der Waals surface area contributed by atoms with Gasteiger partial charge in [0.05, 0.1) is 0 Å². The molecule has 2 fully saturated rings. The Hall–Kier alpha value is -1.44. The van der Waals surface area contributed by atoms with E-state index >= 15 is 0 Å². The van der Waals surface area contributed by atoms with Crippen LogP contribution in [0.25, 0.3) is 0 Å². The summed E-state index contributed by atoms with van der Waals surface area (Å²) in [5.41, 5.74) is 1.64. The van der Waals surface area contributed by atoms with Crippen molar-refractivity contribution in [3.05, 3.63) is 29.6 Å². The predicted molar refractivity (Wildman–Crippen MR) is 78.0 cm³/mol. The topological polar surface area (TPSA) is 52.0 Å². The minimum atomic E-state index is 0.577. The molecule has 2 aliphatic rings. The lowest BCUT2D eigenvalue weighted by atomic mass is 9.89. The largest absolute Gasteiger partial charge is 0.314 e. The second kappa shape index (κ2) is 6.34. The van der Waals surface area contributed by atoms with Gasteiger partial charge >= 0.3 is 0 Å². The highest BCUT2D eigenvalue weighted by Gasteiger charge is 2.29. The SMILES string of the molecule is N#Cc1ncccc1CN1CCCC(C2CCCN2)C1. The molecule has 0 aliphatic carbocycles. The first-order valence-corrected chi connectivity index (χ1v) is 7.66. The van der Waals surface area contributed by atoms with Gasteiger partial charge in [-0.15, -0.1) is 0 Å². The van der Waals surface area contributed by atoms with E-state index in [1.165, 1.54) is 32.2 Å². The number of nitrogens with one attached hydrogen (secondary N) is 1. The minimum Gasteiger partial charge on any atom is -0.314 e. The summed E-state index contributed by atoms with van der Waals surface area (Å²) in [6.07, 6.45) is 6.96. The summed E-state index contributed by atoms with van der Waals surface area (Å²) in [6.45, 7) is 4.34. The third-order valence-corrected chi connectivity index (χ3v) is 4.60. The molecule has 0 aromatic carbocycles. The summed E-state index contributed by atoms with van der Waals surface area (Å²) in [5.74, 6) is 0.772. The molecule has 2 aliphatic heterocycles. The molecule has 3 rings (SSSR count). The summed E-state index contributed by atoms with van der Waals surface area (Å²) in [6, 6.07) is 6.87. The first-order valence-electron chi connectivity index (χ1n) is 7.66. The van der Waals surface area contributed by atoms with Gasteiger partial charge in [-0.3, -0.25) is 4.90 Å². The van der Waals surface area contributed by atoms with Crippen LogP contribution in [0.4, 0.5) is 0 Å². The van der Waals surface area contributed by atoms with Crippen LogP contribution in [-0.2, 0) is 6.54 Å². The molecule has 2 saturated heterocycles. The quantitative estimate of drug-likeness (QED) is 0.911. The summed E-state index contributed by atoms with van der Waals surface area (Å²) in [5, 5.41) is 12.8. The van der Waals surface area contributed by atoms with Crippen LogP contribution in [0.2, 0.25) is 0 Å². The van der Waals surface area contributed by atoms with Gasteiger partial charge in [-0.1, -0.05) is 6.07 Å². The maximum absolute atomic E-state index is 9.13. The number of hydrogen-bond donors (Lipinski definition) is 1. The number of aromatic nitrogens is 1. The Balaban J connectivity index is 1.64. The average molecular weight is 270 g/mol. The Morgan fingerprint density at radius 1 is 1.40 bits per heavy atom. The van der Waals surface area contributed by atoms with Gasteiger partial charge in [-0.05, 0) is 50.8 Å². The third-order valence-electron chi connectivity index (χ3n) is 4.60. The summed E-state index contributed by atoms with van der Waals surface area (Å²) < 4.78 is 0. The fraction of sp³-hybridized carbons (Fsp3) is 0.625. The van der Waals surface area contributed by atoms with E-state index in [2.05, 4.69) is 21.3 Å². The molecule has 0 radical (unpaired) electrons. The van der Waals surface area contributed by atoms with Crippen LogP contribution in [0.5, 0.6) is 0 Å². The molecule has 4 heteroatoms. The monoisotopic (exact) mass is 270 g/mol. The van der Waals surface area contributed by atoms with Crippen LogP contribution in [0.3, 0.4) is 0 Å². The number of pyridine rings is 1. The van der Waals surface area contributed by atoms with Crippen molar-refractivity contribution < 1.29 is 0 Å². The Labute approximate surface area is 120 Å². The summed E-state index contributed by atoms with van der Waals surface area (Å²) in [4.78, 5) is 6.65. The maximum Gasteiger partial charge on any atom is 0.144 e. The van der Waals surface area contributed by atoms with E-state index in [0.29, 0.717) is 11.7 Å². The van der Waals surface area contributed by atoms with Crippen LogP contribution in [0.15, 0.2) is 18.3 Å². The molecule has 4 nitrogen and oxygen atoms in total. The highest BCUT2D eigenvalue weighted by molar-refractivity contribution is 5.30. The van der Waals surface area contributed by atoms with Crippen molar-refractivity contribution in [3.8, 4) is 6.07 Å². The van der Waals surface area contributed by atoms with Crippen molar-refractivity contribution >= 4 is 0 Å². The molecule has 1 N–H and O–H groups in total. The Morgan fingerprint density at radius 2 is 2.35 bits per heavy atom. The number of likely N-dealkylation sites (tertiary alicyclic amines) is 1. The fourth-order valence-corrected chi connectivity index (χ4v) is 3.58. The second-order valence-electron chi connectivity index (χ2n) is 5.96. The van der Waals surface area contributed by atoms with E-state index in [-0.39, 0.29) is 0 Å². The summed E-state index contributed by atoms with van der Waals surface area (Å²) >= 11 is 0. The Bertz CT molecular complexity index is 487. The number of nitrogens with zero attached hydrogens (tertiary/aromatic N) is 3. The van der Waals surface area contributed by atoms with E-state index in [9.17, 15) is 0 Å². The third kappa shape index (κ3) is 3.00. The molecule has 106 valence electrons. The van der Waals surface area contributed by atoms with Crippen LogP contribution in [0, 0.1) is 17.2 Å². The number of nitriles is 1. The molecule has 3 heterocycles. The molecule has 0 saturated carbocycles. The standard InChI is InChI=1S/C16H22N4/c17-10-16-14(4-1-7-19-16)12-20-9-3-5-13(11-20)15-6-2-8-18-15/h1,4,7,13,15,18H,2-3,5-6,8-9,11-12H2. The van der Waals surface area contributed by atoms with E-state index < -0.39 is 0 Å². The molecular formula is C16H22N4. The zero-order chi connectivity index (χ0) is 13.8. The van der Waals surface area contributed by atoms with Gasteiger partial charge in [0, 0.05) is 30.9 Å². The van der Waals surface area contributed by atoms with E-state index in [4.69, 9.17) is 5.26 Å². The van der Waals surface area contributed by atoms with Gasteiger partial charge in [0.1, 0.15) is 11.8 Å². The first-order chi connectivity index (χ1) is 9.86. The molecular weight excluding hydrogens is 248 g/mol. The van der Waals surface area contributed by atoms with Crippen LogP contribution >= 0.6 is 0 Å². The van der Waals surface area contributed by atoms with E-state index in [0.717, 1.165) is 31.1 Å². The molecule has 20 heavy (non-hydrogen) atoms. The lowest BCUT2D eigenvalue weighted by Gasteiger charge is -2.35. The van der Waals surface area contributed by atoms with Crippen molar-refractivity contribution in [2.24, 2.45) is 5.92 Å². The zero-order valence-electron chi connectivity index (χ0n) is 11.9. The molecule has 1 aromatic heterocycles. The average Bonchev–Trinajstić information content (AvgIpc) is 3.02. The van der Waals surface area contributed by atoms with E-state index in [1.807, 2.05) is 12.1 Å². The van der Waals surface area contributed by atoms with Gasteiger partial charge in [0.25, 0.3) is 0 Å². The van der Waals surface area contributed by atoms with Crippen LogP contribution in [-0.4, -0.2) is 35.6 Å². The number of hydrogen-bond acceptors (Lipinski definition) is 4. The highest BCUT2D eigenvalue weighted by atomic mass is 15.1. The van der Waals surface area contributed by atoms with Gasteiger partial charge in [0.2, 0.25) is 0 Å². The summed E-state index contributed by atoms with van der Waals surface area (Å²) in [7, 11) is 0. The molecule has 2 atom stereocenters. The molecule has 1 aromatic rings. The highest BCUT2D eigenvalue weighted by Crippen LogP contribution is 2.25. The van der Waals surface area contributed by atoms with Gasteiger partial charge in [-0.2, -0.15) is 5.26 Å². The molecule has 0 bridgehead atoms. The van der Waals surface area contributed by atoms with Gasteiger partial charge in [0.15, 0.2) is 0 Å². The molecule has 0 spiro atoms.